The largest absolute Gasteiger partial charge is 0.450 e. The van der Waals surface area contributed by atoms with Gasteiger partial charge in [-0.3, -0.25) is 4.99 Å². The summed E-state index contributed by atoms with van der Waals surface area (Å²) in [6.07, 6.45) is -4.16. The van der Waals surface area contributed by atoms with Gasteiger partial charge in [0.1, 0.15) is 6.61 Å². The van der Waals surface area contributed by atoms with Crippen LogP contribution in [0.4, 0.5) is 18.0 Å². The zero-order chi connectivity index (χ0) is 18.0. The number of aliphatic imine (C=N–C) groups is 1. The van der Waals surface area contributed by atoms with Crippen LogP contribution in [0.5, 0.6) is 0 Å². The highest BCUT2D eigenvalue weighted by atomic mass is 127. The summed E-state index contributed by atoms with van der Waals surface area (Å²) in [5.74, 6) is 0.661. The number of carbonyl (C=O) groups excluding carboxylic acids is 1. The maximum atomic E-state index is 11.9. The van der Waals surface area contributed by atoms with Crippen molar-refractivity contribution in [2.24, 2.45) is 4.99 Å². The molecule has 0 saturated carbocycles. The summed E-state index contributed by atoms with van der Waals surface area (Å²) >= 11 is 0. The Morgan fingerprint density at radius 2 is 1.80 bits per heavy atom. The van der Waals surface area contributed by atoms with Crippen LogP contribution in [0.15, 0.2) is 4.99 Å². The van der Waals surface area contributed by atoms with E-state index in [1.807, 2.05) is 4.90 Å². The van der Waals surface area contributed by atoms with Crippen LogP contribution in [0.1, 0.15) is 13.3 Å². The number of ether oxygens (including phenoxy) is 2. The molecule has 1 N–H and O–H groups in total. The van der Waals surface area contributed by atoms with Crippen molar-refractivity contribution in [2.75, 3.05) is 59.6 Å². The van der Waals surface area contributed by atoms with Crippen LogP contribution in [0.2, 0.25) is 0 Å². The molecule has 1 saturated heterocycles. The van der Waals surface area contributed by atoms with E-state index in [0.717, 1.165) is 0 Å². The molecule has 7 nitrogen and oxygen atoms in total. The van der Waals surface area contributed by atoms with Gasteiger partial charge in [0, 0.05) is 46.4 Å². The molecule has 148 valence electrons. The Bertz CT molecular complexity index is 417. The first-order chi connectivity index (χ1) is 11.4. The first kappa shape index (κ1) is 24.0. The third-order valence-electron chi connectivity index (χ3n) is 3.33. The molecule has 1 rings (SSSR count). The molecule has 0 unspecified atom stereocenters. The monoisotopic (exact) mass is 482 g/mol. The lowest BCUT2D eigenvalue weighted by atomic mass is 10.3. The van der Waals surface area contributed by atoms with Gasteiger partial charge in [-0.1, -0.05) is 0 Å². The number of halogens is 4. The molecule has 25 heavy (non-hydrogen) atoms. The molecule has 0 atom stereocenters. The van der Waals surface area contributed by atoms with Gasteiger partial charge in [-0.05, 0) is 13.3 Å². The van der Waals surface area contributed by atoms with E-state index in [9.17, 15) is 18.0 Å². The van der Waals surface area contributed by atoms with Gasteiger partial charge >= 0.3 is 12.3 Å². The Balaban J connectivity index is 0.00000576. The number of rotatable bonds is 6. The zero-order valence-corrected chi connectivity index (χ0v) is 16.8. The standard InChI is InChI=1S/C14H25F3N4O3.HI/c1-3-24-13(22)21-8-6-20(7-9-21)12(18-2)19-5-4-10-23-11-14(15,16)17;/h3-11H2,1-2H3,(H,18,19);1H. The second-order valence-corrected chi connectivity index (χ2v) is 5.17. The number of piperazine rings is 1. The van der Waals surface area contributed by atoms with E-state index < -0.39 is 12.8 Å². The van der Waals surface area contributed by atoms with Crippen molar-refractivity contribution in [1.82, 2.24) is 15.1 Å². The average Bonchev–Trinajstić information content (AvgIpc) is 2.54. The van der Waals surface area contributed by atoms with Crippen LogP contribution in [-0.4, -0.2) is 87.6 Å². The fourth-order valence-electron chi connectivity index (χ4n) is 2.21. The first-order valence-corrected chi connectivity index (χ1v) is 7.89. The lowest BCUT2D eigenvalue weighted by molar-refractivity contribution is -0.173. The minimum absolute atomic E-state index is 0. The molecule has 1 fully saturated rings. The summed E-state index contributed by atoms with van der Waals surface area (Å²) in [5, 5.41) is 3.09. The topological polar surface area (TPSA) is 66.4 Å². The Hall–Kier alpha value is -0.980. The SMILES string of the molecule is CCOC(=O)N1CCN(C(=NC)NCCCOCC(F)(F)F)CC1.I. The molecule has 0 aliphatic carbocycles. The fourth-order valence-corrected chi connectivity index (χ4v) is 2.21. The van der Waals surface area contributed by atoms with Crippen molar-refractivity contribution in [3.05, 3.63) is 0 Å². The summed E-state index contributed by atoms with van der Waals surface area (Å²) in [6, 6.07) is 0. The second-order valence-electron chi connectivity index (χ2n) is 5.17. The molecule has 1 heterocycles. The third-order valence-corrected chi connectivity index (χ3v) is 3.33. The van der Waals surface area contributed by atoms with Gasteiger partial charge < -0.3 is 24.6 Å². The molecular weight excluding hydrogens is 456 g/mol. The highest BCUT2D eigenvalue weighted by molar-refractivity contribution is 14.0. The average molecular weight is 482 g/mol. The van der Waals surface area contributed by atoms with Crippen LogP contribution < -0.4 is 5.32 Å². The van der Waals surface area contributed by atoms with Gasteiger partial charge in [-0.15, -0.1) is 24.0 Å². The van der Waals surface area contributed by atoms with E-state index in [2.05, 4.69) is 15.0 Å². The van der Waals surface area contributed by atoms with Gasteiger partial charge in [-0.2, -0.15) is 13.2 Å². The number of amides is 1. The summed E-state index contributed by atoms with van der Waals surface area (Å²) in [7, 11) is 1.64. The highest BCUT2D eigenvalue weighted by Crippen LogP contribution is 2.14. The van der Waals surface area contributed by atoms with Crippen molar-refractivity contribution < 1.29 is 27.4 Å². The molecular formula is C14H26F3IN4O3. The number of alkyl halides is 3. The van der Waals surface area contributed by atoms with Crippen LogP contribution in [0.25, 0.3) is 0 Å². The number of nitrogens with zero attached hydrogens (tertiary/aromatic N) is 3. The normalized spacial score (nSPS) is 15.6. The second kappa shape index (κ2) is 12.4. The van der Waals surface area contributed by atoms with E-state index in [-0.39, 0.29) is 36.7 Å². The van der Waals surface area contributed by atoms with Crippen LogP contribution in [0.3, 0.4) is 0 Å². The Morgan fingerprint density at radius 1 is 1.20 bits per heavy atom. The van der Waals surface area contributed by atoms with E-state index in [1.54, 1.807) is 18.9 Å². The lowest BCUT2D eigenvalue weighted by Gasteiger charge is -2.35. The van der Waals surface area contributed by atoms with E-state index in [0.29, 0.717) is 51.7 Å². The number of nitrogens with one attached hydrogen (secondary N) is 1. The van der Waals surface area contributed by atoms with Crippen molar-refractivity contribution in [1.29, 1.82) is 0 Å². The minimum atomic E-state index is -4.29. The molecule has 0 aromatic rings. The zero-order valence-electron chi connectivity index (χ0n) is 14.5. The molecule has 0 aromatic heterocycles. The molecule has 1 amide bonds. The van der Waals surface area contributed by atoms with Crippen molar-refractivity contribution >= 4 is 36.0 Å². The number of carbonyl (C=O) groups is 1. The predicted molar refractivity (Wildman–Crippen MR) is 98.4 cm³/mol. The van der Waals surface area contributed by atoms with Crippen molar-refractivity contribution in [3.63, 3.8) is 0 Å². The Morgan fingerprint density at radius 3 is 2.32 bits per heavy atom. The van der Waals surface area contributed by atoms with Gasteiger partial charge in [0.2, 0.25) is 0 Å². The predicted octanol–water partition coefficient (Wildman–Crippen LogP) is 1.92. The number of hydrogen-bond donors (Lipinski definition) is 1. The molecule has 0 radical (unpaired) electrons. The Kier molecular flexibility index (Phi) is 11.9. The minimum Gasteiger partial charge on any atom is -0.450 e. The van der Waals surface area contributed by atoms with Gasteiger partial charge in [-0.25, -0.2) is 4.79 Å². The molecule has 0 spiro atoms. The van der Waals surface area contributed by atoms with Crippen LogP contribution >= 0.6 is 24.0 Å². The smallest absolute Gasteiger partial charge is 0.411 e. The maximum Gasteiger partial charge on any atom is 0.411 e. The number of hydrogen-bond acceptors (Lipinski definition) is 4. The van der Waals surface area contributed by atoms with Gasteiger partial charge in [0.15, 0.2) is 5.96 Å². The van der Waals surface area contributed by atoms with E-state index >= 15 is 0 Å². The number of guanidine groups is 1. The summed E-state index contributed by atoms with van der Waals surface area (Å²) < 4.78 is 45.3. The third kappa shape index (κ3) is 9.92. The fraction of sp³-hybridized carbons (Fsp3) is 0.857. The van der Waals surface area contributed by atoms with Gasteiger partial charge in [0.25, 0.3) is 0 Å². The molecule has 1 aliphatic rings. The summed E-state index contributed by atoms with van der Waals surface area (Å²) in [6.45, 7) is 3.67. The van der Waals surface area contributed by atoms with Crippen molar-refractivity contribution in [2.45, 2.75) is 19.5 Å². The molecule has 1 aliphatic heterocycles. The lowest BCUT2D eigenvalue weighted by Crippen LogP contribution is -2.54. The molecule has 11 heteroatoms. The van der Waals surface area contributed by atoms with Gasteiger partial charge in [0.05, 0.1) is 6.61 Å². The molecule has 0 bridgehead atoms. The quantitative estimate of drug-likeness (QED) is 0.271. The van der Waals surface area contributed by atoms with Crippen LogP contribution in [0, 0.1) is 0 Å². The highest BCUT2D eigenvalue weighted by Gasteiger charge is 2.27. The van der Waals surface area contributed by atoms with Crippen LogP contribution in [-0.2, 0) is 9.47 Å². The first-order valence-electron chi connectivity index (χ1n) is 7.89. The Labute approximate surface area is 162 Å². The maximum absolute atomic E-state index is 11.9. The summed E-state index contributed by atoms with van der Waals surface area (Å²) in [5.41, 5.74) is 0. The summed E-state index contributed by atoms with van der Waals surface area (Å²) in [4.78, 5) is 19.4. The molecule has 0 aromatic carbocycles. The van der Waals surface area contributed by atoms with E-state index in [4.69, 9.17) is 4.74 Å². The van der Waals surface area contributed by atoms with Crippen molar-refractivity contribution in [3.8, 4) is 0 Å². The van der Waals surface area contributed by atoms with E-state index in [1.165, 1.54) is 0 Å².